The Morgan fingerprint density at radius 3 is 2.25 bits per heavy atom. The fraction of sp³-hybridized carbons (Fsp3) is 0.600. The lowest BCUT2D eigenvalue weighted by Gasteiger charge is -2.69. The lowest BCUT2D eigenvalue weighted by Crippen LogP contribution is -2.65. The number of hydrogen-bond acceptors (Lipinski definition) is 9. The number of carbonyl (C=O) groups excluding carboxylic acids is 4. The summed E-state index contributed by atoms with van der Waals surface area (Å²) in [5.74, 6) is -1.54. The molecule has 0 unspecified atom stereocenters. The van der Waals surface area contributed by atoms with E-state index in [0.717, 1.165) is 36.0 Å². The van der Waals surface area contributed by atoms with Gasteiger partial charge >= 0.3 is 17.9 Å². The zero-order chi connectivity index (χ0) is 43.0. The predicted octanol–water partition coefficient (Wildman–Crippen LogP) is 8.66. The first-order chi connectivity index (χ1) is 28.6. The van der Waals surface area contributed by atoms with Gasteiger partial charge in [-0.15, -0.1) is 0 Å². The van der Waals surface area contributed by atoms with Gasteiger partial charge in [0.2, 0.25) is 0 Å². The van der Waals surface area contributed by atoms with Gasteiger partial charge < -0.3 is 29.0 Å². The lowest BCUT2D eigenvalue weighted by atomic mass is 9.36. The van der Waals surface area contributed by atoms with Gasteiger partial charge in [0, 0.05) is 25.6 Å². The van der Waals surface area contributed by atoms with Crippen molar-refractivity contribution in [1.82, 2.24) is 4.90 Å². The van der Waals surface area contributed by atoms with Crippen molar-refractivity contribution < 1.29 is 43.2 Å². The fourth-order valence-electron chi connectivity index (χ4n) is 12.7. The third-order valence-corrected chi connectivity index (χ3v) is 15.7. The highest BCUT2D eigenvalue weighted by molar-refractivity contribution is 6.05. The molecule has 60 heavy (non-hydrogen) atoms. The molecule has 0 aromatic heterocycles. The molecule has 4 aliphatic carbocycles. The number of morpholine rings is 1. The average Bonchev–Trinajstić information content (AvgIpc) is 3.50. The molecule has 7 rings (SSSR count). The second-order valence-corrected chi connectivity index (χ2v) is 19.2. The maximum absolute atomic E-state index is 14.3. The number of carbonyl (C=O) groups is 4. The van der Waals surface area contributed by atoms with E-state index in [1.54, 1.807) is 29.2 Å². The molecule has 2 aromatic rings. The Bertz CT molecular complexity index is 2000. The molecule has 0 radical (unpaired) electrons. The molecule has 1 saturated heterocycles. The maximum Gasteiger partial charge on any atom is 0.339 e. The Morgan fingerprint density at radius 2 is 1.57 bits per heavy atom. The first kappa shape index (κ1) is 43.8. The highest BCUT2D eigenvalue weighted by Gasteiger charge is 2.71. The minimum absolute atomic E-state index is 0.0194. The smallest absolute Gasteiger partial charge is 0.339 e. The number of ether oxygens (including phenoxy) is 4. The summed E-state index contributed by atoms with van der Waals surface area (Å²) < 4.78 is 24.0. The van der Waals surface area contributed by atoms with Crippen LogP contribution in [-0.4, -0.2) is 78.4 Å². The van der Waals surface area contributed by atoms with Gasteiger partial charge in [-0.3, -0.25) is 9.59 Å². The molecule has 324 valence electrons. The van der Waals surface area contributed by atoms with E-state index in [4.69, 9.17) is 18.9 Å². The highest BCUT2D eigenvalue weighted by Crippen LogP contribution is 2.74. The summed E-state index contributed by atoms with van der Waals surface area (Å²) in [4.78, 5) is 56.2. The van der Waals surface area contributed by atoms with Crippen LogP contribution in [0.2, 0.25) is 0 Å². The number of rotatable bonds is 10. The summed E-state index contributed by atoms with van der Waals surface area (Å²) in [5.41, 5.74) is 3.02. The molecule has 10 atom stereocenters. The molecule has 0 spiro atoms. The summed E-state index contributed by atoms with van der Waals surface area (Å²) in [5, 5.41) is 12.6. The number of benzene rings is 2. The van der Waals surface area contributed by atoms with E-state index in [9.17, 15) is 24.3 Å². The molecule has 1 aliphatic heterocycles. The van der Waals surface area contributed by atoms with Crippen LogP contribution in [0.25, 0.3) is 0 Å². The van der Waals surface area contributed by atoms with Crippen LogP contribution in [-0.2, 0) is 35.1 Å². The normalized spacial score (nSPS) is 34.3. The van der Waals surface area contributed by atoms with Crippen molar-refractivity contribution in [2.45, 2.75) is 125 Å². The predicted molar refractivity (Wildman–Crippen MR) is 228 cm³/mol. The molecule has 1 heterocycles. The quantitative estimate of drug-likeness (QED) is 0.108. The number of aliphatic hydroxyl groups excluding tert-OH is 1. The molecule has 2 aromatic carbocycles. The van der Waals surface area contributed by atoms with Crippen LogP contribution in [0.15, 0.2) is 77.4 Å². The molecular formula is C50H65NO9. The summed E-state index contributed by atoms with van der Waals surface area (Å²) in [7, 11) is 0. The summed E-state index contributed by atoms with van der Waals surface area (Å²) >= 11 is 0. The van der Waals surface area contributed by atoms with Gasteiger partial charge in [-0.25, -0.2) is 9.59 Å². The molecule has 1 N–H and O–H groups in total. The van der Waals surface area contributed by atoms with Crippen molar-refractivity contribution in [2.75, 3.05) is 26.3 Å². The third kappa shape index (κ3) is 8.11. The molecule has 10 heteroatoms. The number of nitrogens with zero attached hydrogens (tertiary/aromatic N) is 1. The molecular weight excluding hydrogens is 759 g/mol. The molecule has 5 aliphatic rings. The standard InChI is InChI=1S/C50H65NO9/c1-31(2)14-13-19-37(46(55)58-30-34-15-9-8-10-16-34)43-39-28-40(53)44-48(5)22-21-41(32(3)38(48)20-23-49(44,6)50(39,7)29-42(43)59-33(4)52)60-47(56)36-18-12-11-17-35(36)45(54)51-24-26-57-27-25-51/h8-12,14-18,32,38-42,44,53H,13,19-30H2,1-7H3/b43-37-/t32-,38-,39-,40+,41+,42-,44-,48-,49-,50-/m0/s1. The summed E-state index contributed by atoms with van der Waals surface area (Å²) in [6.07, 6.45) is 5.71. The van der Waals surface area contributed by atoms with Crippen LogP contribution in [0.5, 0.6) is 0 Å². The number of allylic oxidation sites excluding steroid dienone is 2. The van der Waals surface area contributed by atoms with E-state index in [1.807, 2.05) is 44.2 Å². The van der Waals surface area contributed by atoms with Crippen LogP contribution < -0.4 is 0 Å². The first-order valence-electron chi connectivity index (χ1n) is 22.2. The second-order valence-electron chi connectivity index (χ2n) is 19.2. The van der Waals surface area contributed by atoms with Gasteiger partial charge in [-0.05, 0) is 128 Å². The number of amides is 1. The number of aliphatic hydroxyl groups is 1. The average molecular weight is 824 g/mol. The Kier molecular flexibility index (Phi) is 12.8. The zero-order valence-corrected chi connectivity index (χ0v) is 36.7. The van der Waals surface area contributed by atoms with Crippen LogP contribution in [0, 0.1) is 39.9 Å². The van der Waals surface area contributed by atoms with Gasteiger partial charge in [0.05, 0.1) is 30.4 Å². The van der Waals surface area contributed by atoms with Crippen LogP contribution in [0.1, 0.15) is 126 Å². The maximum atomic E-state index is 14.3. The Morgan fingerprint density at radius 1 is 0.883 bits per heavy atom. The number of fused-ring (bicyclic) bond motifs is 5. The lowest BCUT2D eigenvalue weighted by molar-refractivity contribution is -0.234. The molecule has 1 amide bonds. The van der Waals surface area contributed by atoms with E-state index < -0.39 is 35.5 Å². The van der Waals surface area contributed by atoms with E-state index >= 15 is 0 Å². The second kappa shape index (κ2) is 17.6. The van der Waals surface area contributed by atoms with Crippen LogP contribution >= 0.6 is 0 Å². The highest BCUT2D eigenvalue weighted by atomic mass is 16.6. The molecule has 5 fully saturated rings. The summed E-state index contributed by atoms with van der Waals surface area (Å²) in [6.45, 7) is 16.7. The van der Waals surface area contributed by atoms with Crippen molar-refractivity contribution in [1.29, 1.82) is 0 Å². The van der Waals surface area contributed by atoms with Gasteiger partial charge in [-0.2, -0.15) is 0 Å². The SMILES string of the molecule is CC(=O)O[C@H]1C[C@@]2(C)[C@@H](C[C@@H](O)[C@H]3[C@@]4(C)CC[C@@H](OC(=O)c5ccccc5C(=O)N5CCOCC5)[C@@H](C)[C@@H]4CC[C@@]32C)/C1=C(\CCC=C(C)C)C(=O)OCc1ccccc1. The molecule has 10 nitrogen and oxygen atoms in total. The van der Waals surface area contributed by atoms with Crippen molar-refractivity contribution >= 4 is 23.8 Å². The van der Waals surface area contributed by atoms with Gasteiger partial charge in [-0.1, -0.05) is 81.8 Å². The van der Waals surface area contributed by atoms with Gasteiger partial charge in [0.1, 0.15) is 18.8 Å². The molecule has 4 saturated carbocycles. The fourth-order valence-corrected chi connectivity index (χ4v) is 12.7. The number of esters is 3. The van der Waals surface area contributed by atoms with Gasteiger partial charge in [0.25, 0.3) is 5.91 Å². The van der Waals surface area contributed by atoms with Crippen molar-refractivity contribution in [3.8, 4) is 0 Å². The summed E-state index contributed by atoms with van der Waals surface area (Å²) in [6, 6.07) is 16.6. The molecule has 0 bridgehead atoms. The van der Waals surface area contributed by atoms with Crippen molar-refractivity contribution in [3.05, 3.63) is 94.1 Å². The minimum Gasteiger partial charge on any atom is -0.458 e. The van der Waals surface area contributed by atoms with Crippen LogP contribution in [0.4, 0.5) is 0 Å². The van der Waals surface area contributed by atoms with Crippen molar-refractivity contribution in [3.63, 3.8) is 0 Å². The first-order valence-corrected chi connectivity index (χ1v) is 22.2. The van der Waals surface area contributed by atoms with Crippen molar-refractivity contribution in [2.24, 2.45) is 39.9 Å². The topological polar surface area (TPSA) is 129 Å². The zero-order valence-electron chi connectivity index (χ0n) is 36.7. The van der Waals surface area contributed by atoms with E-state index in [1.165, 1.54) is 6.92 Å². The minimum atomic E-state index is -0.671. The largest absolute Gasteiger partial charge is 0.458 e. The van der Waals surface area contributed by atoms with E-state index in [0.29, 0.717) is 69.5 Å². The van der Waals surface area contributed by atoms with E-state index in [2.05, 4.69) is 33.8 Å². The Hall–Kier alpha value is -4.28. The Labute approximate surface area is 356 Å². The van der Waals surface area contributed by atoms with Gasteiger partial charge in [0.15, 0.2) is 0 Å². The monoisotopic (exact) mass is 823 g/mol. The third-order valence-electron chi connectivity index (χ3n) is 15.7. The van der Waals surface area contributed by atoms with E-state index in [-0.39, 0.29) is 58.7 Å². The van der Waals surface area contributed by atoms with Crippen LogP contribution in [0.3, 0.4) is 0 Å². The number of hydrogen-bond donors (Lipinski definition) is 1. The Balaban J connectivity index is 1.16.